The molecule has 8 nitrogen and oxygen atoms in total. The number of rotatable bonds is 26. The van der Waals surface area contributed by atoms with Crippen molar-refractivity contribution in [2.45, 2.75) is 65.1 Å². The van der Waals surface area contributed by atoms with Gasteiger partial charge in [0.25, 0.3) is 0 Å². The van der Waals surface area contributed by atoms with E-state index in [9.17, 15) is 0 Å². The first-order chi connectivity index (χ1) is 16.3. The van der Waals surface area contributed by atoms with E-state index in [1.165, 1.54) is 12.8 Å². The molecule has 0 aliphatic carbocycles. The van der Waals surface area contributed by atoms with Gasteiger partial charge in [0.15, 0.2) is 8.32 Å². The summed E-state index contributed by atoms with van der Waals surface area (Å²) in [5.41, 5.74) is 0. The van der Waals surface area contributed by atoms with E-state index < -0.39 is 8.32 Å². The molecule has 0 N–H and O–H groups in total. The van der Waals surface area contributed by atoms with Gasteiger partial charge < -0.3 is 37.6 Å². The fourth-order valence-corrected chi connectivity index (χ4v) is 3.47. The maximum absolute atomic E-state index is 6.07. The van der Waals surface area contributed by atoms with Crippen LogP contribution in [0, 0.1) is 0 Å². The summed E-state index contributed by atoms with van der Waals surface area (Å²) >= 11 is 0. The van der Waals surface area contributed by atoms with Crippen LogP contribution in [0.3, 0.4) is 0 Å². The van der Waals surface area contributed by atoms with Crippen molar-refractivity contribution in [3.05, 3.63) is 0 Å². The molecule has 0 spiro atoms. The van der Waals surface area contributed by atoms with Crippen LogP contribution in [0.2, 0.25) is 18.1 Å². The van der Waals surface area contributed by atoms with E-state index in [4.69, 9.17) is 37.6 Å². The lowest BCUT2D eigenvalue weighted by atomic mass is 10.2. The second kappa shape index (κ2) is 23.3. The third-order valence-electron chi connectivity index (χ3n) is 5.62. The normalized spacial score (nSPS) is 12.5. The van der Waals surface area contributed by atoms with Gasteiger partial charge in [0.1, 0.15) is 0 Å². The van der Waals surface area contributed by atoms with E-state index in [0.717, 1.165) is 13.0 Å². The minimum atomic E-state index is -1.68. The Balaban J connectivity index is 3.14. The van der Waals surface area contributed by atoms with Crippen molar-refractivity contribution in [2.24, 2.45) is 0 Å². The molecule has 206 valence electrons. The molecule has 0 rings (SSSR count). The summed E-state index contributed by atoms with van der Waals surface area (Å²) in [5, 5.41) is 0.229. The van der Waals surface area contributed by atoms with Crippen molar-refractivity contribution < 1.29 is 37.6 Å². The minimum Gasteiger partial charge on any atom is -0.414 e. The average Bonchev–Trinajstić information content (AvgIpc) is 2.78. The summed E-state index contributed by atoms with van der Waals surface area (Å²) in [6.07, 6.45) is 3.57. The molecule has 0 aromatic carbocycles. The molecule has 0 saturated carbocycles. The molecule has 0 unspecified atom stereocenters. The minimum absolute atomic E-state index is 0.229. The Morgan fingerprint density at radius 1 is 0.441 bits per heavy atom. The standard InChI is InChI=1S/C25H54O8Si/c1-7-8-9-10-26-11-12-27-13-14-28-15-16-29-17-18-30-19-20-31-21-22-32-23-24-33-34(5,6)25(2,3)4/h7-24H2,1-6H3. The van der Waals surface area contributed by atoms with Crippen molar-refractivity contribution in [3.8, 4) is 0 Å². The zero-order valence-corrected chi connectivity index (χ0v) is 24.0. The Bertz CT molecular complexity index is 418. The summed E-state index contributed by atoms with van der Waals surface area (Å²) in [7, 11) is -1.68. The van der Waals surface area contributed by atoms with Crippen LogP contribution in [0.15, 0.2) is 0 Å². The number of hydrogen-bond acceptors (Lipinski definition) is 8. The van der Waals surface area contributed by atoms with Crippen molar-refractivity contribution in [3.63, 3.8) is 0 Å². The molecule has 0 aromatic rings. The largest absolute Gasteiger partial charge is 0.414 e. The average molecular weight is 511 g/mol. The first-order valence-corrected chi connectivity index (χ1v) is 15.9. The lowest BCUT2D eigenvalue weighted by Gasteiger charge is -2.36. The molecule has 0 saturated heterocycles. The Hall–Kier alpha value is -0.103. The predicted octanol–water partition coefficient (Wildman–Crippen LogP) is 4.31. The van der Waals surface area contributed by atoms with Gasteiger partial charge in [0, 0.05) is 6.61 Å². The molecule has 0 bridgehead atoms. The van der Waals surface area contributed by atoms with E-state index in [2.05, 4.69) is 40.8 Å². The van der Waals surface area contributed by atoms with E-state index in [-0.39, 0.29) is 5.04 Å². The molecule has 0 atom stereocenters. The van der Waals surface area contributed by atoms with Gasteiger partial charge in [0.2, 0.25) is 0 Å². The zero-order valence-electron chi connectivity index (χ0n) is 23.0. The summed E-state index contributed by atoms with van der Waals surface area (Å²) in [6.45, 7) is 22.3. The lowest BCUT2D eigenvalue weighted by molar-refractivity contribution is -0.0214. The maximum Gasteiger partial charge on any atom is 0.192 e. The Labute approximate surface area is 210 Å². The first-order valence-electron chi connectivity index (χ1n) is 13.0. The van der Waals surface area contributed by atoms with Gasteiger partial charge in [-0.25, -0.2) is 0 Å². The summed E-state index contributed by atoms with van der Waals surface area (Å²) in [5.74, 6) is 0. The van der Waals surface area contributed by atoms with Crippen LogP contribution in [0.5, 0.6) is 0 Å². The quantitative estimate of drug-likeness (QED) is 0.126. The highest BCUT2D eigenvalue weighted by atomic mass is 28.4. The Morgan fingerprint density at radius 2 is 0.735 bits per heavy atom. The topological polar surface area (TPSA) is 73.8 Å². The van der Waals surface area contributed by atoms with Crippen molar-refractivity contribution in [2.75, 3.05) is 99.1 Å². The highest BCUT2D eigenvalue weighted by molar-refractivity contribution is 6.74. The fraction of sp³-hybridized carbons (Fsp3) is 1.00. The van der Waals surface area contributed by atoms with Crippen LogP contribution in [0.25, 0.3) is 0 Å². The fourth-order valence-electron chi connectivity index (χ4n) is 2.45. The van der Waals surface area contributed by atoms with Crippen LogP contribution < -0.4 is 0 Å². The van der Waals surface area contributed by atoms with Gasteiger partial charge in [-0.1, -0.05) is 40.5 Å². The Kier molecular flexibility index (Phi) is 23.2. The van der Waals surface area contributed by atoms with Crippen molar-refractivity contribution in [1.29, 1.82) is 0 Å². The summed E-state index contributed by atoms with van der Waals surface area (Å²) < 4.78 is 44.5. The van der Waals surface area contributed by atoms with Gasteiger partial charge in [-0.15, -0.1) is 0 Å². The molecular weight excluding hydrogens is 456 g/mol. The lowest BCUT2D eigenvalue weighted by Crippen LogP contribution is -2.41. The first kappa shape index (κ1) is 33.9. The third-order valence-corrected chi connectivity index (χ3v) is 10.2. The maximum atomic E-state index is 6.07. The number of hydrogen-bond donors (Lipinski definition) is 0. The SMILES string of the molecule is CCCCCOCCOCCOCCOCCOCCOCCOCCO[Si](C)(C)C(C)(C)C. The summed E-state index contributed by atoms with van der Waals surface area (Å²) in [4.78, 5) is 0. The molecular formula is C25H54O8Si. The number of unbranched alkanes of at least 4 members (excludes halogenated alkanes) is 2. The van der Waals surface area contributed by atoms with Gasteiger partial charge in [0.05, 0.1) is 92.5 Å². The van der Waals surface area contributed by atoms with E-state index in [0.29, 0.717) is 92.5 Å². The van der Waals surface area contributed by atoms with Gasteiger partial charge in [-0.3, -0.25) is 0 Å². The molecule has 34 heavy (non-hydrogen) atoms. The molecule has 9 heteroatoms. The van der Waals surface area contributed by atoms with E-state index >= 15 is 0 Å². The van der Waals surface area contributed by atoms with Crippen LogP contribution >= 0.6 is 0 Å². The van der Waals surface area contributed by atoms with Gasteiger partial charge >= 0.3 is 0 Å². The highest BCUT2D eigenvalue weighted by Gasteiger charge is 2.36. The highest BCUT2D eigenvalue weighted by Crippen LogP contribution is 2.36. The zero-order chi connectivity index (χ0) is 25.4. The molecule has 0 aliphatic heterocycles. The number of ether oxygens (including phenoxy) is 7. The third kappa shape index (κ3) is 22.4. The molecule has 0 amide bonds. The monoisotopic (exact) mass is 510 g/mol. The second-order valence-electron chi connectivity index (χ2n) is 9.60. The van der Waals surface area contributed by atoms with Crippen molar-refractivity contribution >= 4 is 8.32 Å². The van der Waals surface area contributed by atoms with Crippen molar-refractivity contribution in [1.82, 2.24) is 0 Å². The molecule has 0 aliphatic rings. The summed E-state index contributed by atoms with van der Waals surface area (Å²) in [6, 6.07) is 0. The molecule has 0 fully saturated rings. The smallest absolute Gasteiger partial charge is 0.192 e. The molecule has 0 radical (unpaired) electrons. The second-order valence-corrected chi connectivity index (χ2v) is 14.4. The van der Waals surface area contributed by atoms with Crippen LogP contribution in [0.4, 0.5) is 0 Å². The Morgan fingerprint density at radius 3 is 1.03 bits per heavy atom. The van der Waals surface area contributed by atoms with Crippen LogP contribution in [0.1, 0.15) is 47.0 Å². The molecule has 0 aromatic heterocycles. The van der Waals surface area contributed by atoms with Gasteiger partial charge in [-0.05, 0) is 24.6 Å². The van der Waals surface area contributed by atoms with Crippen LogP contribution in [-0.4, -0.2) is 107 Å². The van der Waals surface area contributed by atoms with E-state index in [1.54, 1.807) is 0 Å². The van der Waals surface area contributed by atoms with Crippen LogP contribution in [-0.2, 0) is 37.6 Å². The predicted molar refractivity (Wildman–Crippen MR) is 138 cm³/mol. The van der Waals surface area contributed by atoms with E-state index in [1.807, 2.05) is 0 Å². The van der Waals surface area contributed by atoms with Gasteiger partial charge in [-0.2, -0.15) is 0 Å². The molecule has 0 heterocycles.